The molecule has 168 valence electrons. The van der Waals surface area contributed by atoms with Crippen LogP contribution in [0.25, 0.3) is 11.5 Å². The topological polar surface area (TPSA) is 77.7 Å². The summed E-state index contributed by atoms with van der Waals surface area (Å²) in [6.07, 6.45) is 4.24. The number of anilines is 3. The van der Waals surface area contributed by atoms with Gasteiger partial charge in [-0.2, -0.15) is 0 Å². The van der Waals surface area contributed by atoms with Gasteiger partial charge in [0.2, 0.25) is 5.89 Å². The number of piperazine rings is 1. The molecular formula is C24H30N6O2. The van der Waals surface area contributed by atoms with Gasteiger partial charge in [0.05, 0.1) is 17.3 Å². The molecule has 1 aliphatic heterocycles. The van der Waals surface area contributed by atoms with E-state index in [2.05, 4.69) is 33.1 Å². The number of carbonyl (C=O) groups excluding carboxylic acids is 1. The Morgan fingerprint density at radius 3 is 2.53 bits per heavy atom. The lowest BCUT2D eigenvalue weighted by Crippen LogP contribution is -2.47. The van der Waals surface area contributed by atoms with Gasteiger partial charge in [-0.15, -0.1) is 0 Å². The minimum absolute atomic E-state index is 0.0457. The van der Waals surface area contributed by atoms with E-state index >= 15 is 0 Å². The third kappa shape index (κ3) is 4.54. The number of amides is 1. The molecule has 1 N–H and O–H groups in total. The summed E-state index contributed by atoms with van der Waals surface area (Å²) < 4.78 is 5.54. The van der Waals surface area contributed by atoms with Crippen molar-refractivity contribution in [3.8, 4) is 11.5 Å². The molecule has 3 aromatic rings. The third-order valence-corrected chi connectivity index (χ3v) is 5.57. The maximum Gasteiger partial charge on any atom is 0.257 e. The van der Waals surface area contributed by atoms with Gasteiger partial charge >= 0.3 is 0 Å². The fourth-order valence-corrected chi connectivity index (χ4v) is 3.88. The minimum atomic E-state index is -0.0457. The van der Waals surface area contributed by atoms with Crippen molar-refractivity contribution in [1.82, 2.24) is 14.9 Å². The molecule has 0 radical (unpaired) electrons. The Morgan fingerprint density at radius 2 is 1.84 bits per heavy atom. The second kappa shape index (κ2) is 9.72. The molecule has 32 heavy (non-hydrogen) atoms. The number of hydrogen-bond acceptors (Lipinski definition) is 7. The van der Waals surface area contributed by atoms with Crippen molar-refractivity contribution < 1.29 is 9.21 Å². The van der Waals surface area contributed by atoms with Gasteiger partial charge in [-0.25, -0.2) is 9.97 Å². The maximum atomic E-state index is 12.6. The first-order valence-electron chi connectivity index (χ1n) is 11.0. The van der Waals surface area contributed by atoms with E-state index < -0.39 is 0 Å². The van der Waals surface area contributed by atoms with Gasteiger partial charge in [0, 0.05) is 52.5 Å². The number of oxazole rings is 1. The van der Waals surface area contributed by atoms with Crippen LogP contribution in [0.1, 0.15) is 23.7 Å². The number of rotatable bonds is 7. The lowest BCUT2D eigenvalue weighted by molar-refractivity contribution is 0.0828. The van der Waals surface area contributed by atoms with Gasteiger partial charge in [0.15, 0.2) is 0 Å². The first-order valence-corrected chi connectivity index (χ1v) is 11.0. The summed E-state index contributed by atoms with van der Waals surface area (Å²) in [5.74, 6) is 2.13. The summed E-state index contributed by atoms with van der Waals surface area (Å²) in [4.78, 5) is 27.9. The summed E-state index contributed by atoms with van der Waals surface area (Å²) in [7, 11) is 3.52. The van der Waals surface area contributed by atoms with Gasteiger partial charge in [0.25, 0.3) is 5.91 Å². The van der Waals surface area contributed by atoms with E-state index in [0.29, 0.717) is 17.3 Å². The zero-order chi connectivity index (χ0) is 22.5. The van der Waals surface area contributed by atoms with Crippen molar-refractivity contribution in [3.63, 3.8) is 0 Å². The molecule has 0 saturated carbocycles. The van der Waals surface area contributed by atoms with Crippen LogP contribution in [0.4, 0.5) is 17.3 Å². The van der Waals surface area contributed by atoms with Crippen LogP contribution < -0.4 is 15.1 Å². The summed E-state index contributed by atoms with van der Waals surface area (Å²) >= 11 is 0. The average Bonchev–Trinajstić information content (AvgIpc) is 3.37. The highest BCUT2D eigenvalue weighted by Crippen LogP contribution is 2.31. The average molecular weight is 435 g/mol. The molecule has 4 rings (SSSR count). The number of carbonyl (C=O) groups is 1. The lowest BCUT2D eigenvalue weighted by Gasteiger charge is -2.37. The SMILES string of the molecule is CCCNc1nc(N2CCN(c3ccccc3-c3ncco3)CC2)ccc1C(=O)N(C)C. The molecule has 1 aliphatic rings. The second-order valence-corrected chi connectivity index (χ2v) is 8.02. The Hall–Kier alpha value is -3.55. The van der Waals surface area contributed by atoms with Crippen molar-refractivity contribution in [1.29, 1.82) is 0 Å². The summed E-state index contributed by atoms with van der Waals surface area (Å²) in [6.45, 7) is 6.25. The standard InChI is InChI=1S/C24H30N6O2/c1-4-11-25-22-19(24(31)28(2)3)9-10-21(27-22)30-15-13-29(14-16-30)20-8-6-5-7-18(20)23-26-12-17-32-23/h5-10,12,17H,4,11,13-16H2,1-3H3,(H,25,27). The highest BCUT2D eigenvalue weighted by Gasteiger charge is 2.23. The van der Waals surface area contributed by atoms with Crippen molar-refractivity contribution in [2.75, 3.05) is 61.9 Å². The molecule has 1 fully saturated rings. The van der Waals surface area contributed by atoms with Gasteiger partial charge < -0.3 is 24.4 Å². The summed E-state index contributed by atoms with van der Waals surface area (Å²) in [5, 5.41) is 3.32. The first kappa shape index (κ1) is 21.7. The summed E-state index contributed by atoms with van der Waals surface area (Å²) in [6, 6.07) is 12.0. The molecule has 2 aromatic heterocycles. The van der Waals surface area contributed by atoms with Crippen LogP contribution in [0, 0.1) is 0 Å². The van der Waals surface area contributed by atoms with E-state index in [9.17, 15) is 4.79 Å². The van der Waals surface area contributed by atoms with E-state index in [-0.39, 0.29) is 5.91 Å². The van der Waals surface area contributed by atoms with E-state index in [0.717, 1.165) is 56.2 Å². The quantitative estimate of drug-likeness (QED) is 0.609. The van der Waals surface area contributed by atoms with Crippen LogP contribution in [0.2, 0.25) is 0 Å². The second-order valence-electron chi connectivity index (χ2n) is 8.02. The van der Waals surface area contributed by atoms with Crippen LogP contribution in [0.3, 0.4) is 0 Å². The molecule has 0 unspecified atom stereocenters. The fraction of sp³-hybridized carbons (Fsp3) is 0.375. The van der Waals surface area contributed by atoms with Crippen LogP contribution in [0.15, 0.2) is 53.3 Å². The van der Waals surface area contributed by atoms with Gasteiger partial charge in [0.1, 0.15) is 17.9 Å². The number of pyridine rings is 1. The Kier molecular flexibility index (Phi) is 6.58. The molecule has 8 heteroatoms. The van der Waals surface area contributed by atoms with E-state index in [1.165, 1.54) is 0 Å². The highest BCUT2D eigenvalue weighted by molar-refractivity contribution is 5.98. The Balaban J connectivity index is 1.51. The predicted octanol–water partition coefficient (Wildman–Crippen LogP) is 3.59. The normalized spacial score (nSPS) is 13.8. The molecule has 1 amide bonds. The Bertz CT molecular complexity index is 1040. The van der Waals surface area contributed by atoms with Crippen molar-refractivity contribution >= 4 is 23.2 Å². The first-order chi connectivity index (χ1) is 15.6. The molecule has 3 heterocycles. The molecule has 1 aromatic carbocycles. The Labute approximate surface area is 188 Å². The zero-order valence-corrected chi connectivity index (χ0v) is 18.9. The molecule has 0 spiro atoms. The molecule has 0 aliphatic carbocycles. The van der Waals surface area contributed by atoms with E-state index in [4.69, 9.17) is 9.40 Å². The van der Waals surface area contributed by atoms with Crippen LogP contribution in [-0.2, 0) is 0 Å². The van der Waals surface area contributed by atoms with Gasteiger partial charge in [-0.05, 0) is 30.7 Å². The number of nitrogens with zero attached hydrogens (tertiary/aromatic N) is 5. The lowest BCUT2D eigenvalue weighted by atomic mass is 10.1. The summed E-state index contributed by atoms with van der Waals surface area (Å²) in [5.41, 5.74) is 2.73. The molecular weight excluding hydrogens is 404 g/mol. The predicted molar refractivity (Wildman–Crippen MR) is 127 cm³/mol. The number of hydrogen-bond donors (Lipinski definition) is 1. The van der Waals surface area contributed by atoms with Crippen molar-refractivity contribution in [2.45, 2.75) is 13.3 Å². The van der Waals surface area contributed by atoms with Crippen LogP contribution in [0.5, 0.6) is 0 Å². The van der Waals surface area contributed by atoms with Crippen molar-refractivity contribution in [3.05, 3.63) is 54.4 Å². The number of benzene rings is 1. The molecule has 0 atom stereocenters. The van der Waals surface area contributed by atoms with Gasteiger partial charge in [-0.1, -0.05) is 19.1 Å². The number of nitrogens with one attached hydrogen (secondary N) is 1. The van der Waals surface area contributed by atoms with E-state index in [1.807, 2.05) is 30.3 Å². The number of para-hydroxylation sites is 1. The highest BCUT2D eigenvalue weighted by atomic mass is 16.3. The molecule has 8 nitrogen and oxygen atoms in total. The smallest absolute Gasteiger partial charge is 0.257 e. The molecule has 1 saturated heterocycles. The third-order valence-electron chi connectivity index (χ3n) is 5.57. The fourth-order valence-electron chi connectivity index (χ4n) is 3.88. The van der Waals surface area contributed by atoms with Crippen LogP contribution in [-0.4, -0.2) is 67.6 Å². The zero-order valence-electron chi connectivity index (χ0n) is 18.9. The van der Waals surface area contributed by atoms with E-state index in [1.54, 1.807) is 31.5 Å². The van der Waals surface area contributed by atoms with Crippen molar-refractivity contribution in [2.24, 2.45) is 0 Å². The monoisotopic (exact) mass is 434 g/mol. The van der Waals surface area contributed by atoms with Crippen LogP contribution >= 0.6 is 0 Å². The maximum absolute atomic E-state index is 12.6. The number of aromatic nitrogens is 2. The molecule has 0 bridgehead atoms. The van der Waals surface area contributed by atoms with Gasteiger partial charge in [-0.3, -0.25) is 4.79 Å². The largest absolute Gasteiger partial charge is 0.444 e. The minimum Gasteiger partial charge on any atom is -0.444 e. The Morgan fingerprint density at radius 1 is 1.09 bits per heavy atom.